The van der Waals surface area contributed by atoms with Crippen molar-refractivity contribution in [3.63, 3.8) is 0 Å². The van der Waals surface area contributed by atoms with Gasteiger partial charge in [-0.3, -0.25) is 14.4 Å². The summed E-state index contributed by atoms with van der Waals surface area (Å²) in [5.41, 5.74) is 0. The van der Waals surface area contributed by atoms with Gasteiger partial charge in [0, 0.05) is 19.3 Å². The number of unbranched alkanes of at least 4 members (excludes halogenated alkanes) is 35. The summed E-state index contributed by atoms with van der Waals surface area (Å²) in [5.74, 6) is -0.891. The summed E-state index contributed by atoms with van der Waals surface area (Å²) in [6.45, 7) is 6.52. The third-order valence-corrected chi connectivity index (χ3v) is 14.8. The largest absolute Gasteiger partial charge is 0.462 e. The van der Waals surface area contributed by atoms with Crippen molar-refractivity contribution < 1.29 is 28.6 Å². The fraction of sp³-hybridized carbons (Fsp3) is 0.743. The molecule has 80 heavy (non-hydrogen) atoms. The average molecular weight is 1110 g/mol. The van der Waals surface area contributed by atoms with Crippen LogP contribution in [0.1, 0.15) is 335 Å². The lowest BCUT2D eigenvalue weighted by molar-refractivity contribution is -0.167. The van der Waals surface area contributed by atoms with Crippen molar-refractivity contribution >= 4 is 17.9 Å². The Balaban J connectivity index is 4.34. The first-order chi connectivity index (χ1) is 39.5. The van der Waals surface area contributed by atoms with E-state index in [4.69, 9.17) is 14.2 Å². The molecule has 0 aromatic rings. The number of esters is 3. The molecule has 1 atom stereocenters. The first-order valence-electron chi connectivity index (χ1n) is 34.2. The zero-order valence-corrected chi connectivity index (χ0v) is 52.8. The predicted molar refractivity (Wildman–Crippen MR) is 348 cm³/mol. The second-order valence-electron chi connectivity index (χ2n) is 22.7. The summed E-state index contributed by atoms with van der Waals surface area (Å²) >= 11 is 0. The molecule has 0 rings (SSSR count). The van der Waals surface area contributed by atoms with Crippen molar-refractivity contribution in [1.29, 1.82) is 0 Å². The van der Waals surface area contributed by atoms with Crippen LogP contribution >= 0.6 is 0 Å². The lowest BCUT2D eigenvalue weighted by Gasteiger charge is -2.18. The van der Waals surface area contributed by atoms with Gasteiger partial charge in [-0.1, -0.05) is 291 Å². The molecule has 0 aromatic heterocycles. The number of rotatable bonds is 62. The molecular weight excluding hydrogens is 985 g/mol. The smallest absolute Gasteiger partial charge is 0.306 e. The molecule has 0 aliphatic heterocycles. The van der Waals surface area contributed by atoms with Crippen molar-refractivity contribution in [3.8, 4) is 0 Å². The Kier molecular flexibility index (Phi) is 64.7. The molecule has 0 fully saturated rings. The van der Waals surface area contributed by atoms with E-state index in [2.05, 4.69) is 118 Å². The lowest BCUT2D eigenvalue weighted by atomic mass is 10.0. The van der Waals surface area contributed by atoms with E-state index >= 15 is 0 Å². The van der Waals surface area contributed by atoms with Gasteiger partial charge in [0.2, 0.25) is 0 Å². The molecule has 0 N–H and O–H groups in total. The van der Waals surface area contributed by atoms with Gasteiger partial charge < -0.3 is 14.2 Å². The fourth-order valence-corrected chi connectivity index (χ4v) is 9.67. The Morgan fingerprint density at radius 1 is 0.263 bits per heavy atom. The Bertz CT molecular complexity index is 1560. The summed E-state index contributed by atoms with van der Waals surface area (Å²) in [5, 5.41) is 0. The van der Waals surface area contributed by atoms with Crippen LogP contribution < -0.4 is 0 Å². The minimum atomic E-state index is -0.789. The Labute approximate surface area is 496 Å². The number of ether oxygens (including phenoxy) is 3. The van der Waals surface area contributed by atoms with Gasteiger partial charge in [-0.05, 0) is 122 Å². The monoisotopic (exact) mass is 1110 g/mol. The predicted octanol–water partition coefficient (Wildman–Crippen LogP) is 23.6. The van der Waals surface area contributed by atoms with Gasteiger partial charge in [-0.15, -0.1) is 0 Å². The fourth-order valence-electron chi connectivity index (χ4n) is 9.67. The summed E-state index contributed by atoms with van der Waals surface area (Å²) in [7, 11) is 0. The highest BCUT2D eigenvalue weighted by atomic mass is 16.6. The lowest BCUT2D eigenvalue weighted by Crippen LogP contribution is -2.30. The van der Waals surface area contributed by atoms with Crippen molar-refractivity contribution in [2.24, 2.45) is 0 Å². The van der Waals surface area contributed by atoms with Crippen molar-refractivity contribution in [3.05, 3.63) is 97.2 Å². The highest BCUT2D eigenvalue weighted by molar-refractivity contribution is 5.71. The van der Waals surface area contributed by atoms with Crippen LogP contribution in [0.4, 0.5) is 0 Å². The highest BCUT2D eigenvalue weighted by Gasteiger charge is 2.19. The van der Waals surface area contributed by atoms with Gasteiger partial charge in [0.05, 0.1) is 0 Å². The van der Waals surface area contributed by atoms with Crippen LogP contribution in [0.3, 0.4) is 0 Å². The zero-order valence-electron chi connectivity index (χ0n) is 52.8. The van der Waals surface area contributed by atoms with Crippen LogP contribution in [0.2, 0.25) is 0 Å². The molecule has 0 aliphatic rings. The first kappa shape index (κ1) is 76.3. The molecule has 0 aromatic carbocycles. The number of hydrogen-bond acceptors (Lipinski definition) is 6. The first-order valence-corrected chi connectivity index (χ1v) is 34.2. The topological polar surface area (TPSA) is 78.9 Å². The molecule has 0 saturated carbocycles. The van der Waals surface area contributed by atoms with Crippen LogP contribution in [0.5, 0.6) is 0 Å². The van der Waals surface area contributed by atoms with Crippen molar-refractivity contribution in [2.75, 3.05) is 13.2 Å². The van der Waals surface area contributed by atoms with Gasteiger partial charge in [-0.2, -0.15) is 0 Å². The van der Waals surface area contributed by atoms with Gasteiger partial charge in [-0.25, -0.2) is 0 Å². The minimum Gasteiger partial charge on any atom is -0.462 e. The Morgan fingerprint density at radius 3 is 0.775 bits per heavy atom. The van der Waals surface area contributed by atoms with Crippen molar-refractivity contribution in [1.82, 2.24) is 0 Å². The highest BCUT2D eigenvalue weighted by Crippen LogP contribution is 2.16. The molecule has 0 spiro atoms. The number of allylic oxidation sites excluding steroid dienone is 16. The van der Waals surface area contributed by atoms with E-state index in [1.807, 2.05) is 0 Å². The standard InChI is InChI=1S/C74H128O6/c1-4-7-10-13-16-19-22-25-28-31-33-34-35-36-37-38-39-40-41-44-46-49-52-55-58-61-64-67-73(76)79-70-71(69-78-72(75)66-63-60-57-54-51-48-45-42-30-27-24-21-18-15-12-9-6-3)80-74(77)68-65-62-59-56-53-50-47-43-32-29-26-23-20-17-14-11-8-5-2/h9,12,18,20-23,25,27,29-33,35-36,71H,4-8,10-11,13-17,19,24,26,28,34,37-70H2,1-3H3/b12-9-,21-18-,23-20-,25-22-,30-27-,32-29-,33-31-,36-35-. The third kappa shape index (κ3) is 65.1. The second kappa shape index (κ2) is 67.8. The summed E-state index contributed by atoms with van der Waals surface area (Å²) < 4.78 is 17.0. The Hall–Kier alpha value is -3.67. The summed E-state index contributed by atoms with van der Waals surface area (Å²) in [6.07, 6.45) is 91.3. The summed E-state index contributed by atoms with van der Waals surface area (Å²) in [4.78, 5) is 38.4. The van der Waals surface area contributed by atoms with E-state index < -0.39 is 6.10 Å². The molecule has 6 nitrogen and oxygen atoms in total. The van der Waals surface area contributed by atoms with E-state index in [1.165, 1.54) is 186 Å². The van der Waals surface area contributed by atoms with E-state index in [1.54, 1.807) is 0 Å². The molecule has 460 valence electrons. The molecule has 1 unspecified atom stereocenters. The zero-order chi connectivity index (χ0) is 57.8. The Morgan fingerprint density at radius 2 is 0.487 bits per heavy atom. The molecule has 0 saturated heterocycles. The van der Waals surface area contributed by atoms with Gasteiger partial charge in [0.25, 0.3) is 0 Å². The van der Waals surface area contributed by atoms with Crippen LogP contribution in [0, 0.1) is 0 Å². The molecule has 6 heteroatoms. The maximum atomic E-state index is 12.9. The van der Waals surface area contributed by atoms with E-state index in [9.17, 15) is 14.4 Å². The SMILES string of the molecule is CC/C=C\C/C=C\C/C=C\CCCCCCCCCC(=O)OCC(COC(=O)CCCCCCCCCCCCCC/C=C\C/C=C\C/C=C\CCCCCCC)OC(=O)CCCCCCCCC/C=C\C/C=C\CCCCCC. The molecule has 0 amide bonds. The average Bonchev–Trinajstić information content (AvgIpc) is 3.46. The van der Waals surface area contributed by atoms with Crippen LogP contribution in [-0.4, -0.2) is 37.2 Å². The number of carbonyl (C=O) groups is 3. The van der Waals surface area contributed by atoms with Gasteiger partial charge >= 0.3 is 17.9 Å². The summed E-state index contributed by atoms with van der Waals surface area (Å²) in [6, 6.07) is 0. The van der Waals surface area contributed by atoms with Crippen LogP contribution in [0.15, 0.2) is 97.2 Å². The van der Waals surface area contributed by atoms with Crippen molar-refractivity contribution in [2.45, 2.75) is 341 Å². The molecule has 0 aliphatic carbocycles. The number of hydrogen-bond donors (Lipinski definition) is 0. The normalized spacial score (nSPS) is 12.7. The van der Waals surface area contributed by atoms with E-state index in [-0.39, 0.29) is 31.1 Å². The van der Waals surface area contributed by atoms with Crippen LogP contribution in [-0.2, 0) is 28.6 Å². The molecule has 0 heterocycles. The quantitative estimate of drug-likeness (QED) is 0.0261. The minimum absolute atomic E-state index is 0.0840. The second-order valence-corrected chi connectivity index (χ2v) is 22.7. The van der Waals surface area contributed by atoms with E-state index in [0.29, 0.717) is 19.3 Å². The third-order valence-electron chi connectivity index (χ3n) is 14.8. The van der Waals surface area contributed by atoms with E-state index in [0.717, 1.165) is 109 Å². The van der Waals surface area contributed by atoms with Gasteiger partial charge in [0.15, 0.2) is 6.10 Å². The number of carbonyl (C=O) groups excluding carboxylic acids is 3. The molecular formula is C74H128O6. The maximum absolute atomic E-state index is 12.9. The maximum Gasteiger partial charge on any atom is 0.306 e. The molecule has 0 bridgehead atoms. The van der Waals surface area contributed by atoms with Crippen LogP contribution in [0.25, 0.3) is 0 Å². The molecule has 0 radical (unpaired) electrons. The van der Waals surface area contributed by atoms with Gasteiger partial charge in [0.1, 0.15) is 13.2 Å².